The molecule has 1 saturated heterocycles. The SMILES string of the molecule is C=CCCC1OC2CCc3ccc(OC)cc3C2(CC#N)O1. The lowest BCUT2D eigenvalue weighted by atomic mass is 9.75. The van der Waals surface area contributed by atoms with Gasteiger partial charge in [-0.15, -0.1) is 6.58 Å². The molecule has 1 aromatic rings. The molecule has 22 heavy (non-hydrogen) atoms. The molecule has 3 unspecified atom stereocenters. The van der Waals surface area contributed by atoms with Gasteiger partial charge in [-0.05, 0) is 42.5 Å². The van der Waals surface area contributed by atoms with Crippen molar-refractivity contribution in [3.8, 4) is 11.8 Å². The lowest BCUT2D eigenvalue weighted by molar-refractivity contribution is -0.0940. The van der Waals surface area contributed by atoms with Crippen molar-refractivity contribution in [3.05, 3.63) is 42.0 Å². The highest BCUT2D eigenvalue weighted by Gasteiger charge is 2.53. The fourth-order valence-electron chi connectivity index (χ4n) is 3.50. The van der Waals surface area contributed by atoms with E-state index in [1.807, 2.05) is 18.2 Å². The molecule has 0 saturated carbocycles. The third-order valence-corrected chi connectivity index (χ3v) is 4.57. The Bertz CT molecular complexity index is 607. The van der Waals surface area contributed by atoms with Crippen LogP contribution in [0.1, 0.15) is 36.8 Å². The summed E-state index contributed by atoms with van der Waals surface area (Å²) >= 11 is 0. The van der Waals surface area contributed by atoms with Gasteiger partial charge in [-0.3, -0.25) is 0 Å². The quantitative estimate of drug-likeness (QED) is 0.781. The smallest absolute Gasteiger partial charge is 0.159 e. The van der Waals surface area contributed by atoms with Crippen molar-refractivity contribution in [1.82, 2.24) is 0 Å². The molecule has 0 N–H and O–H groups in total. The first-order chi connectivity index (χ1) is 10.7. The second kappa shape index (κ2) is 6.12. The van der Waals surface area contributed by atoms with Crippen molar-refractivity contribution in [2.75, 3.05) is 7.11 Å². The molecule has 4 heteroatoms. The summed E-state index contributed by atoms with van der Waals surface area (Å²) in [6, 6.07) is 8.32. The maximum absolute atomic E-state index is 9.34. The van der Waals surface area contributed by atoms with Gasteiger partial charge in [0, 0.05) is 6.42 Å². The number of nitrogens with zero attached hydrogens (tertiary/aromatic N) is 1. The zero-order valence-corrected chi connectivity index (χ0v) is 12.9. The molecule has 1 fully saturated rings. The molecule has 1 aliphatic heterocycles. The first-order valence-corrected chi connectivity index (χ1v) is 7.72. The first-order valence-electron chi connectivity index (χ1n) is 7.72. The van der Waals surface area contributed by atoms with E-state index in [9.17, 15) is 5.26 Å². The average Bonchev–Trinajstić information content (AvgIpc) is 2.91. The van der Waals surface area contributed by atoms with Crippen molar-refractivity contribution in [3.63, 3.8) is 0 Å². The van der Waals surface area contributed by atoms with Crippen LogP contribution < -0.4 is 4.74 Å². The van der Waals surface area contributed by atoms with Gasteiger partial charge in [0.2, 0.25) is 0 Å². The Balaban J connectivity index is 1.99. The van der Waals surface area contributed by atoms with E-state index < -0.39 is 5.60 Å². The zero-order chi connectivity index (χ0) is 15.6. The third-order valence-electron chi connectivity index (χ3n) is 4.57. The summed E-state index contributed by atoms with van der Waals surface area (Å²) in [5.41, 5.74) is 1.61. The second-order valence-corrected chi connectivity index (χ2v) is 5.82. The largest absolute Gasteiger partial charge is 0.497 e. The van der Waals surface area contributed by atoms with Crippen LogP contribution >= 0.6 is 0 Å². The molecular formula is C18H21NO3. The van der Waals surface area contributed by atoms with E-state index in [1.165, 1.54) is 5.56 Å². The van der Waals surface area contributed by atoms with Crippen LogP contribution in [0.3, 0.4) is 0 Å². The van der Waals surface area contributed by atoms with E-state index in [-0.39, 0.29) is 12.4 Å². The van der Waals surface area contributed by atoms with Crippen molar-refractivity contribution >= 4 is 0 Å². The molecule has 1 heterocycles. The average molecular weight is 299 g/mol. The van der Waals surface area contributed by atoms with E-state index in [1.54, 1.807) is 7.11 Å². The third kappa shape index (κ3) is 2.41. The normalized spacial score (nSPS) is 29.3. The van der Waals surface area contributed by atoms with Gasteiger partial charge >= 0.3 is 0 Å². The fraction of sp³-hybridized carbons (Fsp3) is 0.500. The Labute approximate surface area is 131 Å². The molecular weight excluding hydrogens is 278 g/mol. The van der Waals surface area contributed by atoms with Gasteiger partial charge in [0.1, 0.15) is 11.4 Å². The molecule has 0 bridgehead atoms. The Morgan fingerprint density at radius 2 is 2.41 bits per heavy atom. The Hall–Kier alpha value is -1.83. The number of nitriles is 1. The lowest BCUT2D eigenvalue weighted by Crippen LogP contribution is -2.41. The number of benzene rings is 1. The van der Waals surface area contributed by atoms with Gasteiger partial charge in [-0.2, -0.15) is 5.26 Å². The van der Waals surface area contributed by atoms with Gasteiger partial charge in [-0.25, -0.2) is 0 Å². The number of fused-ring (bicyclic) bond motifs is 3. The van der Waals surface area contributed by atoms with Gasteiger partial charge in [0.05, 0.1) is 25.7 Å². The van der Waals surface area contributed by atoms with Gasteiger partial charge in [-0.1, -0.05) is 12.1 Å². The number of ether oxygens (including phenoxy) is 3. The van der Waals surface area contributed by atoms with Crippen LogP contribution in [0.4, 0.5) is 0 Å². The number of hydrogen-bond acceptors (Lipinski definition) is 4. The van der Waals surface area contributed by atoms with Gasteiger partial charge in [0.15, 0.2) is 6.29 Å². The minimum absolute atomic E-state index is 0.0680. The Kier molecular flexibility index (Phi) is 4.19. The van der Waals surface area contributed by atoms with Crippen LogP contribution in [-0.2, 0) is 21.5 Å². The van der Waals surface area contributed by atoms with Crippen molar-refractivity contribution < 1.29 is 14.2 Å². The van der Waals surface area contributed by atoms with Crippen molar-refractivity contribution in [1.29, 1.82) is 5.26 Å². The van der Waals surface area contributed by atoms with E-state index >= 15 is 0 Å². The van der Waals surface area contributed by atoms with Gasteiger partial charge in [0.25, 0.3) is 0 Å². The first kappa shape index (κ1) is 15.1. The number of rotatable bonds is 5. The molecule has 0 amide bonds. The summed E-state index contributed by atoms with van der Waals surface area (Å²) in [5.74, 6) is 0.787. The van der Waals surface area contributed by atoms with Crippen molar-refractivity contribution in [2.24, 2.45) is 0 Å². The maximum atomic E-state index is 9.34. The highest BCUT2D eigenvalue weighted by molar-refractivity contribution is 5.43. The molecule has 3 rings (SSSR count). The number of methoxy groups -OCH3 is 1. The summed E-state index contributed by atoms with van der Waals surface area (Å²) in [4.78, 5) is 0. The second-order valence-electron chi connectivity index (χ2n) is 5.82. The number of allylic oxidation sites excluding steroid dienone is 1. The number of aryl methyl sites for hydroxylation is 1. The molecule has 2 aliphatic rings. The van der Waals surface area contributed by atoms with Crippen molar-refractivity contribution in [2.45, 2.75) is 50.1 Å². The molecule has 116 valence electrons. The Morgan fingerprint density at radius 1 is 1.55 bits per heavy atom. The summed E-state index contributed by atoms with van der Waals surface area (Å²) in [7, 11) is 1.65. The summed E-state index contributed by atoms with van der Waals surface area (Å²) in [6.45, 7) is 3.74. The van der Waals surface area contributed by atoms with Gasteiger partial charge < -0.3 is 14.2 Å². The summed E-state index contributed by atoms with van der Waals surface area (Å²) in [6.07, 6.45) is 5.25. The highest BCUT2D eigenvalue weighted by atomic mass is 16.7. The molecule has 0 radical (unpaired) electrons. The predicted molar refractivity (Wildman–Crippen MR) is 82.4 cm³/mol. The molecule has 1 aromatic carbocycles. The van der Waals surface area contributed by atoms with Crippen LogP contribution in [0, 0.1) is 11.3 Å². The van der Waals surface area contributed by atoms with E-state index in [2.05, 4.69) is 18.7 Å². The van der Waals surface area contributed by atoms with Crippen LogP contribution in [0.2, 0.25) is 0 Å². The summed E-state index contributed by atoms with van der Waals surface area (Å²) in [5, 5.41) is 9.34. The lowest BCUT2D eigenvalue weighted by Gasteiger charge is -2.37. The molecule has 3 atom stereocenters. The molecule has 4 nitrogen and oxygen atoms in total. The molecule has 0 spiro atoms. The maximum Gasteiger partial charge on any atom is 0.159 e. The topological polar surface area (TPSA) is 51.5 Å². The predicted octanol–water partition coefficient (Wildman–Crippen LogP) is 3.46. The minimum Gasteiger partial charge on any atom is -0.497 e. The molecule has 1 aliphatic carbocycles. The zero-order valence-electron chi connectivity index (χ0n) is 12.9. The Morgan fingerprint density at radius 3 is 3.14 bits per heavy atom. The number of hydrogen-bond donors (Lipinski definition) is 0. The van der Waals surface area contributed by atoms with E-state index in [0.717, 1.165) is 37.0 Å². The minimum atomic E-state index is -0.664. The van der Waals surface area contributed by atoms with E-state index in [0.29, 0.717) is 6.42 Å². The highest BCUT2D eigenvalue weighted by Crippen LogP contribution is 2.49. The van der Waals surface area contributed by atoms with Crippen LogP contribution in [0.15, 0.2) is 30.9 Å². The van der Waals surface area contributed by atoms with Crippen LogP contribution in [0.25, 0.3) is 0 Å². The van der Waals surface area contributed by atoms with Crippen LogP contribution in [-0.4, -0.2) is 19.5 Å². The monoisotopic (exact) mass is 299 g/mol. The molecule has 0 aromatic heterocycles. The van der Waals surface area contributed by atoms with Crippen LogP contribution in [0.5, 0.6) is 5.75 Å². The summed E-state index contributed by atoms with van der Waals surface area (Å²) < 4.78 is 17.7. The fourth-order valence-corrected chi connectivity index (χ4v) is 3.50. The van der Waals surface area contributed by atoms with E-state index in [4.69, 9.17) is 14.2 Å². The standard InChI is InChI=1S/C18H21NO3/c1-3-4-5-17-21-16-9-7-13-6-8-14(20-2)12-15(13)18(16,22-17)10-11-19/h3,6,8,12,16-17H,1,4-5,7,9-10H2,2H3.